The topological polar surface area (TPSA) is 66.6 Å². The number of carbonyl (C=O) groups excluding carboxylic acids is 2. The van der Waals surface area contributed by atoms with E-state index in [1.165, 1.54) is 36.8 Å². The summed E-state index contributed by atoms with van der Waals surface area (Å²) in [6, 6.07) is 8.23. The summed E-state index contributed by atoms with van der Waals surface area (Å²) < 4.78 is 0. The molecule has 5 heteroatoms. The van der Waals surface area contributed by atoms with Crippen LogP contribution in [0.5, 0.6) is 0 Å². The summed E-state index contributed by atoms with van der Waals surface area (Å²) in [4.78, 5) is 28.4. The number of nitrogens with zero attached hydrogens (tertiary/aromatic N) is 2. The van der Waals surface area contributed by atoms with Crippen molar-refractivity contribution >= 4 is 11.9 Å². The lowest BCUT2D eigenvalue weighted by Gasteiger charge is -2.44. The third-order valence-electron chi connectivity index (χ3n) is 6.40. The summed E-state index contributed by atoms with van der Waals surface area (Å²) in [5, 5.41) is 0. The van der Waals surface area contributed by atoms with Gasteiger partial charge in [-0.1, -0.05) is 37.1 Å². The number of amides is 3. The van der Waals surface area contributed by atoms with Crippen LogP contribution in [0.2, 0.25) is 0 Å². The minimum absolute atomic E-state index is 0.107. The van der Waals surface area contributed by atoms with Crippen molar-refractivity contribution in [2.75, 3.05) is 19.6 Å². The van der Waals surface area contributed by atoms with Gasteiger partial charge in [-0.05, 0) is 36.8 Å². The maximum Gasteiger partial charge on any atom is 0.314 e. The number of benzene rings is 1. The van der Waals surface area contributed by atoms with Gasteiger partial charge >= 0.3 is 6.03 Å². The lowest BCUT2D eigenvalue weighted by atomic mass is 9.73. The van der Waals surface area contributed by atoms with Crippen molar-refractivity contribution in [3.8, 4) is 0 Å². The van der Waals surface area contributed by atoms with Crippen LogP contribution in [0, 0.1) is 5.92 Å². The van der Waals surface area contributed by atoms with Gasteiger partial charge in [-0.2, -0.15) is 0 Å². The molecule has 2 aliphatic heterocycles. The minimum Gasteiger partial charge on any atom is -0.351 e. The Balaban J connectivity index is 1.57. The molecule has 134 valence electrons. The van der Waals surface area contributed by atoms with E-state index in [1.807, 2.05) is 0 Å². The third kappa shape index (κ3) is 2.90. The molecule has 0 bridgehead atoms. The second-order valence-corrected chi connectivity index (χ2v) is 7.96. The Bertz CT molecular complexity index is 681. The van der Waals surface area contributed by atoms with Gasteiger partial charge in [0.2, 0.25) is 5.91 Å². The number of hydrogen-bond acceptors (Lipinski definition) is 2. The number of primary amides is 1. The molecule has 1 atom stereocenters. The molecule has 0 aromatic heterocycles. The zero-order valence-corrected chi connectivity index (χ0v) is 14.7. The number of nitrogens with two attached hydrogens (primary N) is 1. The van der Waals surface area contributed by atoms with E-state index in [1.54, 1.807) is 4.90 Å². The highest BCUT2D eigenvalue weighted by atomic mass is 16.2. The van der Waals surface area contributed by atoms with Crippen LogP contribution in [0.3, 0.4) is 0 Å². The molecule has 1 unspecified atom stereocenters. The molecule has 3 aliphatic rings. The zero-order valence-electron chi connectivity index (χ0n) is 14.7. The summed E-state index contributed by atoms with van der Waals surface area (Å²) in [5.41, 5.74) is 8.32. The Morgan fingerprint density at radius 1 is 1.08 bits per heavy atom. The van der Waals surface area contributed by atoms with E-state index in [0.29, 0.717) is 19.6 Å². The normalized spacial score (nSPS) is 25.0. The average molecular weight is 341 g/mol. The maximum absolute atomic E-state index is 13.2. The van der Waals surface area contributed by atoms with Crippen molar-refractivity contribution in [1.29, 1.82) is 0 Å². The molecule has 1 aromatic carbocycles. The van der Waals surface area contributed by atoms with Crippen LogP contribution in [0.15, 0.2) is 24.3 Å². The number of carbonyl (C=O) groups is 2. The highest BCUT2D eigenvalue weighted by Crippen LogP contribution is 2.46. The number of fused-ring (bicyclic) bond motifs is 2. The fourth-order valence-corrected chi connectivity index (χ4v) is 5.16. The highest BCUT2D eigenvalue weighted by Gasteiger charge is 2.44. The van der Waals surface area contributed by atoms with E-state index >= 15 is 0 Å². The lowest BCUT2D eigenvalue weighted by Crippen LogP contribution is -2.52. The van der Waals surface area contributed by atoms with Gasteiger partial charge in [0.25, 0.3) is 0 Å². The summed E-state index contributed by atoms with van der Waals surface area (Å²) >= 11 is 0. The summed E-state index contributed by atoms with van der Waals surface area (Å²) in [5.74, 6) is 0.0942. The Labute approximate surface area is 149 Å². The second kappa shape index (κ2) is 6.36. The molecular weight excluding hydrogens is 314 g/mol. The molecular formula is C20H27N3O2. The number of hydrogen-bond donors (Lipinski definition) is 1. The SMILES string of the molecule is NC(=O)N1CCCC(C(=O)N2Cc3ccccc3C3(CCCC3)C2)C1. The molecule has 2 fully saturated rings. The van der Waals surface area contributed by atoms with E-state index in [4.69, 9.17) is 5.73 Å². The van der Waals surface area contributed by atoms with Crippen LogP contribution in [0.4, 0.5) is 4.79 Å². The first kappa shape index (κ1) is 16.4. The number of urea groups is 1. The molecule has 1 aliphatic carbocycles. The van der Waals surface area contributed by atoms with E-state index in [-0.39, 0.29) is 17.2 Å². The van der Waals surface area contributed by atoms with E-state index < -0.39 is 6.03 Å². The smallest absolute Gasteiger partial charge is 0.314 e. The molecule has 5 nitrogen and oxygen atoms in total. The molecule has 25 heavy (non-hydrogen) atoms. The predicted molar refractivity (Wildman–Crippen MR) is 95.9 cm³/mol. The van der Waals surface area contributed by atoms with E-state index in [2.05, 4.69) is 29.2 Å². The first-order valence-electron chi connectivity index (χ1n) is 9.51. The summed E-state index contributed by atoms with van der Waals surface area (Å²) in [7, 11) is 0. The largest absolute Gasteiger partial charge is 0.351 e. The number of rotatable bonds is 1. The fraction of sp³-hybridized carbons (Fsp3) is 0.600. The molecule has 2 heterocycles. The van der Waals surface area contributed by atoms with Crippen LogP contribution in [0.1, 0.15) is 49.7 Å². The van der Waals surface area contributed by atoms with Crippen LogP contribution in [-0.4, -0.2) is 41.4 Å². The van der Waals surface area contributed by atoms with Crippen LogP contribution in [-0.2, 0) is 16.8 Å². The van der Waals surface area contributed by atoms with E-state index in [9.17, 15) is 9.59 Å². The van der Waals surface area contributed by atoms with Gasteiger partial charge in [0.1, 0.15) is 0 Å². The predicted octanol–water partition coefficient (Wildman–Crippen LogP) is 2.63. The maximum atomic E-state index is 13.2. The molecule has 0 radical (unpaired) electrons. The van der Waals surface area contributed by atoms with Crippen molar-refractivity contribution in [2.24, 2.45) is 11.7 Å². The van der Waals surface area contributed by atoms with E-state index in [0.717, 1.165) is 19.4 Å². The third-order valence-corrected chi connectivity index (χ3v) is 6.40. The molecule has 4 rings (SSSR count). The number of piperidine rings is 1. The first-order valence-corrected chi connectivity index (χ1v) is 9.51. The average Bonchev–Trinajstić information content (AvgIpc) is 3.10. The van der Waals surface area contributed by atoms with Gasteiger partial charge in [-0.3, -0.25) is 4.79 Å². The van der Waals surface area contributed by atoms with Gasteiger partial charge in [-0.25, -0.2) is 4.79 Å². The Morgan fingerprint density at radius 2 is 1.84 bits per heavy atom. The molecule has 1 saturated carbocycles. The Hall–Kier alpha value is -2.04. The standard InChI is InChI=1S/C20H27N3O2/c21-19(25)22-11-5-7-16(13-22)18(24)23-12-15-6-1-2-8-17(15)20(14-23)9-3-4-10-20/h1-2,6,8,16H,3-5,7,9-14H2,(H2,21,25). The quantitative estimate of drug-likeness (QED) is 0.853. The number of likely N-dealkylation sites (tertiary alicyclic amines) is 1. The fourth-order valence-electron chi connectivity index (χ4n) is 5.16. The molecule has 1 aromatic rings. The second-order valence-electron chi connectivity index (χ2n) is 7.96. The van der Waals surface area contributed by atoms with Crippen LogP contribution < -0.4 is 5.73 Å². The minimum atomic E-state index is -0.409. The van der Waals surface area contributed by atoms with Crippen molar-refractivity contribution in [3.63, 3.8) is 0 Å². The van der Waals surface area contributed by atoms with Crippen molar-refractivity contribution in [1.82, 2.24) is 9.80 Å². The van der Waals surface area contributed by atoms with Crippen LogP contribution in [0.25, 0.3) is 0 Å². The summed E-state index contributed by atoms with van der Waals surface area (Å²) in [6.45, 7) is 2.67. The molecule has 3 amide bonds. The van der Waals surface area contributed by atoms with Gasteiger partial charge < -0.3 is 15.5 Å². The van der Waals surface area contributed by atoms with Gasteiger partial charge in [0.05, 0.1) is 5.92 Å². The zero-order chi connectivity index (χ0) is 17.4. The lowest BCUT2D eigenvalue weighted by molar-refractivity contribution is -0.139. The first-order chi connectivity index (χ1) is 12.1. The van der Waals surface area contributed by atoms with Crippen molar-refractivity contribution in [3.05, 3.63) is 35.4 Å². The molecule has 1 saturated heterocycles. The molecule has 1 spiro atoms. The van der Waals surface area contributed by atoms with Gasteiger partial charge in [-0.15, -0.1) is 0 Å². The summed E-state index contributed by atoms with van der Waals surface area (Å²) in [6.07, 6.45) is 6.55. The Morgan fingerprint density at radius 3 is 2.60 bits per heavy atom. The highest BCUT2D eigenvalue weighted by molar-refractivity contribution is 5.81. The van der Waals surface area contributed by atoms with Crippen LogP contribution >= 0.6 is 0 Å². The monoisotopic (exact) mass is 341 g/mol. The van der Waals surface area contributed by atoms with Crippen molar-refractivity contribution in [2.45, 2.75) is 50.5 Å². The Kier molecular flexibility index (Phi) is 4.18. The van der Waals surface area contributed by atoms with Gasteiger partial charge in [0.15, 0.2) is 0 Å². The van der Waals surface area contributed by atoms with Gasteiger partial charge in [0, 0.05) is 31.6 Å². The van der Waals surface area contributed by atoms with Crippen molar-refractivity contribution < 1.29 is 9.59 Å². The molecule has 2 N–H and O–H groups in total.